The number of fused-ring (bicyclic) bond motifs is 1. The molecule has 0 bridgehead atoms. The van der Waals surface area contributed by atoms with Crippen molar-refractivity contribution in [1.29, 1.82) is 0 Å². The summed E-state index contributed by atoms with van der Waals surface area (Å²) in [6.07, 6.45) is 1.31. The molecule has 1 amide bonds. The topological polar surface area (TPSA) is 104 Å². The van der Waals surface area contributed by atoms with Gasteiger partial charge in [-0.3, -0.25) is 9.10 Å². The van der Waals surface area contributed by atoms with E-state index in [1.807, 2.05) is 37.3 Å². The number of nitrogens with zero attached hydrogens (tertiary/aromatic N) is 1. The maximum absolute atomic E-state index is 13.9. The first-order chi connectivity index (χ1) is 19.1. The van der Waals surface area contributed by atoms with E-state index >= 15 is 0 Å². The molecule has 0 aliphatic heterocycles. The molecule has 0 fully saturated rings. The number of hydrogen-bond acceptors (Lipinski definition) is 4. The number of carbonyl (C=O) groups is 2. The summed E-state index contributed by atoms with van der Waals surface area (Å²) < 4.78 is 28.7. The Morgan fingerprint density at radius 1 is 0.900 bits per heavy atom. The van der Waals surface area contributed by atoms with Gasteiger partial charge in [0.05, 0.1) is 10.6 Å². The van der Waals surface area contributed by atoms with Gasteiger partial charge in [0, 0.05) is 22.2 Å². The Hall–Kier alpha value is -3.59. The van der Waals surface area contributed by atoms with Gasteiger partial charge in [-0.1, -0.05) is 85.4 Å². The summed E-state index contributed by atoms with van der Waals surface area (Å²) in [6, 6.07) is 22.0. The highest BCUT2D eigenvalue weighted by molar-refractivity contribution is 7.93. The lowest BCUT2D eigenvalue weighted by molar-refractivity contribution is -0.138. The molecule has 0 radical (unpaired) electrons. The number of unbranched alkanes of at least 4 members (excludes halogenated alkanes) is 1. The van der Waals surface area contributed by atoms with Gasteiger partial charge in [0.1, 0.15) is 6.04 Å². The van der Waals surface area contributed by atoms with E-state index in [1.54, 1.807) is 36.4 Å². The summed E-state index contributed by atoms with van der Waals surface area (Å²) in [6.45, 7) is 2.28. The number of carboxylic acids is 1. The van der Waals surface area contributed by atoms with Crippen molar-refractivity contribution in [3.8, 4) is 0 Å². The molecule has 7 nitrogen and oxygen atoms in total. The van der Waals surface area contributed by atoms with Crippen molar-refractivity contribution in [1.82, 2.24) is 5.32 Å². The van der Waals surface area contributed by atoms with E-state index in [2.05, 4.69) is 5.32 Å². The lowest BCUT2D eigenvalue weighted by Crippen LogP contribution is -2.45. The molecule has 0 heterocycles. The minimum Gasteiger partial charge on any atom is -0.480 e. The molecule has 0 aliphatic carbocycles. The molecule has 0 aliphatic rings. The predicted molar refractivity (Wildman–Crippen MR) is 159 cm³/mol. The van der Waals surface area contributed by atoms with Gasteiger partial charge in [0.15, 0.2) is 0 Å². The number of benzene rings is 4. The fraction of sp³-hybridized carbons (Fsp3) is 0.200. The quantitative estimate of drug-likeness (QED) is 0.195. The second-order valence-corrected chi connectivity index (χ2v) is 12.0. The van der Waals surface area contributed by atoms with E-state index in [-0.39, 0.29) is 33.0 Å². The van der Waals surface area contributed by atoms with E-state index < -0.39 is 22.0 Å². The molecule has 0 saturated carbocycles. The maximum atomic E-state index is 13.9. The third kappa shape index (κ3) is 6.75. The Kier molecular flexibility index (Phi) is 9.35. The summed E-state index contributed by atoms with van der Waals surface area (Å²) in [7, 11) is -4.38. The molecular formula is C30H28Cl2N2O5S. The van der Waals surface area contributed by atoms with Gasteiger partial charge in [0.2, 0.25) is 0 Å². The monoisotopic (exact) mass is 598 g/mol. The number of rotatable bonds is 11. The highest BCUT2D eigenvalue weighted by Gasteiger charge is 2.36. The number of hydrogen-bond donors (Lipinski definition) is 2. The van der Waals surface area contributed by atoms with Crippen LogP contribution < -0.4 is 9.62 Å². The molecule has 4 aromatic rings. The van der Waals surface area contributed by atoms with Crippen molar-refractivity contribution in [3.05, 3.63) is 106 Å². The largest absolute Gasteiger partial charge is 0.480 e. The highest BCUT2D eigenvalue weighted by Crippen LogP contribution is 2.33. The van der Waals surface area contributed by atoms with E-state index in [4.69, 9.17) is 23.2 Å². The molecule has 0 saturated heterocycles. The fourth-order valence-electron chi connectivity index (χ4n) is 4.41. The van der Waals surface area contributed by atoms with Gasteiger partial charge in [0.25, 0.3) is 15.9 Å². The van der Waals surface area contributed by atoms with Gasteiger partial charge >= 0.3 is 5.97 Å². The van der Waals surface area contributed by atoms with Crippen molar-refractivity contribution in [2.45, 2.75) is 43.7 Å². The van der Waals surface area contributed by atoms with E-state index in [0.29, 0.717) is 35.7 Å². The smallest absolute Gasteiger partial charge is 0.327 e. The summed E-state index contributed by atoms with van der Waals surface area (Å²) in [4.78, 5) is 24.9. The number of sulfonamides is 1. The molecule has 40 heavy (non-hydrogen) atoms. The summed E-state index contributed by atoms with van der Waals surface area (Å²) in [5.41, 5.74) is 1.59. The molecule has 4 aromatic carbocycles. The Labute approximate surface area is 243 Å². The fourth-order valence-corrected chi connectivity index (χ4v) is 6.76. The summed E-state index contributed by atoms with van der Waals surface area (Å²) in [5, 5.41) is 14.5. The molecule has 0 spiro atoms. The molecule has 0 aromatic heterocycles. The van der Waals surface area contributed by atoms with Crippen LogP contribution in [-0.2, 0) is 21.4 Å². The van der Waals surface area contributed by atoms with E-state index in [0.717, 1.165) is 9.87 Å². The van der Waals surface area contributed by atoms with Gasteiger partial charge in [-0.25, -0.2) is 13.2 Å². The van der Waals surface area contributed by atoms with Crippen LogP contribution in [-0.4, -0.2) is 31.4 Å². The molecule has 10 heteroatoms. The molecule has 2 N–H and O–H groups in total. The lowest BCUT2D eigenvalue weighted by atomic mass is 10.0. The van der Waals surface area contributed by atoms with Crippen molar-refractivity contribution < 1.29 is 23.1 Å². The zero-order valence-electron chi connectivity index (χ0n) is 21.7. The third-order valence-corrected chi connectivity index (χ3v) is 8.68. The average Bonchev–Trinajstić information content (AvgIpc) is 2.93. The zero-order valence-corrected chi connectivity index (χ0v) is 24.0. The van der Waals surface area contributed by atoms with Gasteiger partial charge in [-0.05, 0) is 65.2 Å². The SMILES string of the molecule is CCCCC(C(=O)O)N(c1ccc2cc(C(=O)NCc3ccccc3)ccc2c1)S(=O)(=O)c1cc(Cl)cc(Cl)c1. The first kappa shape index (κ1) is 29.4. The lowest BCUT2D eigenvalue weighted by Gasteiger charge is -2.30. The number of anilines is 1. The minimum absolute atomic E-state index is 0.109. The Morgan fingerprint density at radius 3 is 2.20 bits per heavy atom. The summed E-state index contributed by atoms with van der Waals surface area (Å²) >= 11 is 12.2. The van der Waals surface area contributed by atoms with Crippen molar-refractivity contribution in [2.75, 3.05) is 4.31 Å². The first-order valence-electron chi connectivity index (χ1n) is 12.7. The van der Waals surface area contributed by atoms with Gasteiger partial charge in [-0.2, -0.15) is 0 Å². The van der Waals surface area contributed by atoms with E-state index in [9.17, 15) is 23.1 Å². The van der Waals surface area contributed by atoms with Crippen LogP contribution in [0, 0.1) is 0 Å². The summed E-state index contributed by atoms with van der Waals surface area (Å²) in [5.74, 6) is -1.52. The molecule has 4 rings (SSSR count). The number of nitrogens with one attached hydrogen (secondary N) is 1. The predicted octanol–water partition coefficient (Wildman–Crippen LogP) is 6.92. The van der Waals surface area contributed by atoms with Crippen LogP contribution in [0.3, 0.4) is 0 Å². The van der Waals surface area contributed by atoms with Gasteiger partial charge in [-0.15, -0.1) is 0 Å². The van der Waals surface area contributed by atoms with Crippen LogP contribution in [0.4, 0.5) is 5.69 Å². The average molecular weight is 600 g/mol. The normalized spacial score (nSPS) is 12.2. The molecule has 208 valence electrons. The first-order valence-corrected chi connectivity index (χ1v) is 14.9. The minimum atomic E-state index is -4.38. The number of halogens is 2. The van der Waals surface area contributed by atoms with Crippen LogP contribution in [0.2, 0.25) is 10.0 Å². The number of carboxylic acid groups (broad SMARTS) is 1. The van der Waals surface area contributed by atoms with Gasteiger partial charge < -0.3 is 10.4 Å². The molecular weight excluding hydrogens is 571 g/mol. The van der Waals surface area contributed by atoms with Crippen LogP contribution in [0.25, 0.3) is 10.8 Å². The Balaban J connectivity index is 1.72. The van der Waals surface area contributed by atoms with Crippen LogP contribution in [0.5, 0.6) is 0 Å². The van der Waals surface area contributed by atoms with E-state index in [1.165, 1.54) is 18.2 Å². The van der Waals surface area contributed by atoms with Crippen LogP contribution in [0.1, 0.15) is 42.1 Å². The third-order valence-electron chi connectivity index (χ3n) is 6.43. The zero-order chi connectivity index (χ0) is 28.9. The van der Waals surface area contributed by atoms with Crippen molar-refractivity contribution in [3.63, 3.8) is 0 Å². The molecule has 1 atom stereocenters. The maximum Gasteiger partial charge on any atom is 0.327 e. The number of carbonyl (C=O) groups excluding carboxylic acids is 1. The highest BCUT2D eigenvalue weighted by atomic mass is 35.5. The van der Waals surface area contributed by atoms with Crippen molar-refractivity contribution >= 4 is 61.6 Å². The van der Waals surface area contributed by atoms with Crippen molar-refractivity contribution in [2.24, 2.45) is 0 Å². The van der Waals surface area contributed by atoms with Crippen LogP contribution in [0.15, 0.2) is 89.8 Å². The second-order valence-electron chi connectivity index (χ2n) is 9.32. The Bertz CT molecular complexity index is 1620. The number of amides is 1. The second kappa shape index (κ2) is 12.7. The number of aliphatic carboxylic acids is 1. The molecule has 1 unspecified atom stereocenters. The van der Waals surface area contributed by atoms with Crippen LogP contribution >= 0.6 is 23.2 Å². The Morgan fingerprint density at radius 2 is 1.55 bits per heavy atom. The standard InChI is InChI=1S/C30H28Cl2N2O5S/c1-2-3-9-28(30(36)37)34(40(38,39)27-17-24(31)16-25(32)18-27)26-13-12-21-14-23(11-10-22(21)15-26)29(35)33-19-20-7-5-4-6-8-20/h4-8,10-18,28H,2-3,9,19H2,1H3,(H,33,35)(H,36,37).